The van der Waals surface area contributed by atoms with E-state index in [0.717, 1.165) is 19.6 Å². The third-order valence-electron chi connectivity index (χ3n) is 3.70. The number of ether oxygens (including phenoxy) is 1. The number of urea groups is 1. The van der Waals surface area contributed by atoms with Crippen LogP contribution in [0.5, 0.6) is 0 Å². The van der Waals surface area contributed by atoms with Crippen LogP contribution in [0.15, 0.2) is 0 Å². The summed E-state index contributed by atoms with van der Waals surface area (Å²) in [7, 11) is 0. The molecule has 6 heteroatoms. The van der Waals surface area contributed by atoms with Gasteiger partial charge in [-0.05, 0) is 19.3 Å². The Bertz CT molecular complexity index is 307. The van der Waals surface area contributed by atoms with Crippen molar-refractivity contribution in [2.24, 2.45) is 11.8 Å². The molecule has 2 aliphatic heterocycles. The molecular formula is C12H20N2O4. The summed E-state index contributed by atoms with van der Waals surface area (Å²) >= 11 is 0. The molecule has 0 bridgehead atoms. The highest BCUT2D eigenvalue weighted by Gasteiger charge is 2.27. The summed E-state index contributed by atoms with van der Waals surface area (Å²) in [5.41, 5.74) is 0. The Hall–Kier alpha value is -1.30. The molecule has 2 amide bonds. The van der Waals surface area contributed by atoms with Crippen molar-refractivity contribution >= 4 is 12.0 Å². The molecule has 0 aromatic heterocycles. The van der Waals surface area contributed by atoms with E-state index < -0.39 is 5.97 Å². The number of likely N-dealkylation sites (tertiary alicyclic amines) is 1. The Morgan fingerprint density at radius 2 is 2.00 bits per heavy atom. The van der Waals surface area contributed by atoms with E-state index in [0.29, 0.717) is 38.4 Å². The van der Waals surface area contributed by atoms with Crippen LogP contribution in [-0.4, -0.2) is 54.9 Å². The van der Waals surface area contributed by atoms with Crippen LogP contribution >= 0.6 is 0 Å². The zero-order valence-corrected chi connectivity index (χ0v) is 10.4. The third kappa shape index (κ3) is 3.35. The normalized spacial score (nSPS) is 25.1. The van der Waals surface area contributed by atoms with E-state index in [1.54, 1.807) is 4.90 Å². The van der Waals surface area contributed by atoms with Crippen molar-refractivity contribution in [3.63, 3.8) is 0 Å². The van der Waals surface area contributed by atoms with Crippen molar-refractivity contribution in [2.75, 3.05) is 32.8 Å². The second kappa shape index (κ2) is 6.04. The minimum Gasteiger partial charge on any atom is -0.481 e. The van der Waals surface area contributed by atoms with Gasteiger partial charge in [0, 0.05) is 32.2 Å². The minimum absolute atomic E-state index is 0.0780. The molecule has 2 N–H and O–H groups in total. The van der Waals surface area contributed by atoms with Crippen LogP contribution in [0.3, 0.4) is 0 Å². The van der Waals surface area contributed by atoms with Gasteiger partial charge in [-0.1, -0.05) is 0 Å². The monoisotopic (exact) mass is 256 g/mol. The van der Waals surface area contributed by atoms with E-state index in [1.807, 2.05) is 0 Å². The zero-order valence-electron chi connectivity index (χ0n) is 10.4. The van der Waals surface area contributed by atoms with Crippen LogP contribution in [0.4, 0.5) is 4.79 Å². The number of hydrogen-bond acceptors (Lipinski definition) is 3. The van der Waals surface area contributed by atoms with Gasteiger partial charge < -0.3 is 20.1 Å². The number of piperidine rings is 1. The number of nitrogens with zero attached hydrogens (tertiary/aromatic N) is 1. The van der Waals surface area contributed by atoms with Gasteiger partial charge in [0.15, 0.2) is 0 Å². The SMILES string of the molecule is O=C(O)C1CCN(C(=O)NCC2CCOC2)CC1. The molecule has 2 saturated heterocycles. The Balaban J connectivity index is 1.68. The first kappa shape index (κ1) is 13.1. The van der Waals surface area contributed by atoms with Gasteiger partial charge in [-0.15, -0.1) is 0 Å². The van der Waals surface area contributed by atoms with Crippen molar-refractivity contribution in [3.05, 3.63) is 0 Å². The first-order valence-corrected chi connectivity index (χ1v) is 6.50. The predicted molar refractivity (Wildman–Crippen MR) is 64.3 cm³/mol. The lowest BCUT2D eigenvalue weighted by Gasteiger charge is -2.30. The fourth-order valence-corrected chi connectivity index (χ4v) is 2.42. The number of carbonyl (C=O) groups excluding carboxylic acids is 1. The number of nitrogens with one attached hydrogen (secondary N) is 1. The van der Waals surface area contributed by atoms with Gasteiger partial charge in [0.2, 0.25) is 0 Å². The highest BCUT2D eigenvalue weighted by atomic mass is 16.5. The van der Waals surface area contributed by atoms with Gasteiger partial charge in [0.25, 0.3) is 0 Å². The summed E-state index contributed by atoms with van der Waals surface area (Å²) in [5.74, 6) is -0.624. The summed E-state index contributed by atoms with van der Waals surface area (Å²) < 4.78 is 5.25. The Kier molecular flexibility index (Phi) is 4.41. The smallest absolute Gasteiger partial charge is 0.317 e. The second-order valence-electron chi connectivity index (χ2n) is 5.02. The van der Waals surface area contributed by atoms with Crippen LogP contribution < -0.4 is 5.32 Å². The lowest BCUT2D eigenvalue weighted by Crippen LogP contribution is -2.46. The Morgan fingerprint density at radius 1 is 1.28 bits per heavy atom. The molecule has 6 nitrogen and oxygen atoms in total. The standard InChI is InChI=1S/C12H20N2O4/c15-11(16)10-1-4-14(5-2-10)12(17)13-7-9-3-6-18-8-9/h9-10H,1-8H2,(H,13,17)(H,15,16). The highest BCUT2D eigenvalue weighted by Crippen LogP contribution is 2.17. The summed E-state index contributed by atoms with van der Waals surface area (Å²) in [5, 5.41) is 11.8. The largest absolute Gasteiger partial charge is 0.481 e. The van der Waals surface area contributed by atoms with E-state index in [9.17, 15) is 9.59 Å². The molecule has 0 aliphatic carbocycles. The molecule has 2 fully saturated rings. The van der Waals surface area contributed by atoms with Gasteiger partial charge in [-0.3, -0.25) is 4.79 Å². The molecule has 0 aromatic rings. The molecular weight excluding hydrogens is 236 g/mol. The molecule has 1 atom stereocenters. The first-order chi connectivity index (χ1) is 8.66. The van der Waals surface area contributed by atoms with Crippen molar-refractivity contribution in [2.45, 2.75) is 19.3 Å². The number of aliphatic carboxylic acids is 1. The fraction of sp³-hybridized carbons (Fsp3) is 0.833. The molecule has 2 aliphatic rings. The summed E-state index contributed by atoms with van der Waals surface area (Å²) in [6, 6.07) is -0.0780. The Labute approximate surface area is 106 Å². The summed E-state index contributed by atoms with van der Waals surface area (Å²) in [6.07, 6.45) is 2.10. The average Bonchev–Trinajstić information content (AvgIpc) is 2.89. The van der Waals surface area contributed by atoms with Crippen molar-refractivity contribution in [1.82, 2.24) is 10.2 Å². The average molecular weight is 256 g/mol. The van der Waals surface area contributed by atoms with Gasteiger partial charge in [-0.2, -0.15) is 0 Å². The lowest BCUT2D eigenvalue weighted by molar-refractivity contribution is -0.143. The molecule has 0 radical (unpaired) electrons. The maximum absolute atomic E-state index is 11.9. The van der Waals surface area contributed by atoms with Crippen molar-refractivity contribution in [1.29, 1.82) is 0 Å². The van der Waals surface area contributed by atoms with Crippen LogP contribution in [0.25, 0.3) is 0 Å². The molecule has 0 aromatic carbocycles. The number of hydrogen-bond donors (Lipinski definition) is 2. The van der Waals surface area contributed by atoms with Gasteiger partial charge in [0.1, 0.15) is 0 Å². The van der Waals surface area contributed by atoms with Gasteiger partial charge in [0.05, 0.1) is 12.5 Å². The number of carboxylic acid groups (broad SMARTS) is 1. The van der Waals surface area contributed by atoms with Crippen molar-refractivity contribution < 1.29 is 19.4 Å². The van der Waals surface area contributed by atoms with Crippen LogP contribution in [0.2, 0.25) is 0 Å². The maximum atomic E-state index is 11.9. The van der Waals surface area contributed by atoms with E-state index in [-0.39, 0.29) is 11.9 Å². The zero-order chi connectivity index (χ0) is 13.0. The summed E-state index contributed by atoms with van der Waals surface area (Å²) in [6.45, 7) is 3.22. The summed E-state index contributed by atoms with van der Waals surface area (Å²) in [4.78, 5) is 24.4. The fourth-order valence-electron chi connectivity index (χ4n) is 2.42. The number of rotatable bonds is 3. The predicted octanol–water partition coefficient (Wildman–Crippen LogP) is 0.529. The molecule has 18 heavy (non-hydrogen) atoms. The minimum atomic E-state index is -0.752. The number of carboxylic acids is 1. The van der Waals surface area contributed by atoms with E-state index in [1.165, 1.54) is 0 Å². The van der Waals surface area contributed by atoms with Gasteiger partial charge in [-0.25, -0.2) is 4.79 Å². The maximum Gasteiger partial charge on any atom is 0.317 e. The lowest BCUT2D eigenvalue weighted by atomic mass is 9.97. The number of carbonyl (C=O) groups is 2. The molecule has 0 spiro atoms. The second-order valence-corrected chi connectivity index (χ2v) is 5.02. The molecule has 0 saturated carbocycles. The van der Waals surface area contributed by atoms with Gasteiger partial charge >= 0.3 is 12.0 Å². The van der Waals surface area contributed by atoms with Crippen LogP contribution in [0, 0.1) is 11.8 Å². The Morgan fingerprint density at radius 3 is 2.56 bits per heavy atom. The third-order valence-corrected chi connectivity index (χ3v) is 3.70. The highest BCUT2D eigenvalue weighted by molar-refractivity contribution is 5.75. The quantitative estimate of drug-likeness (QED) is 0.772. The molecule has 1 unspecified atom stereocenters. The van der Waals surface area contributed by atoms with E-state index in [4.69, 9.17) is 9.84 Å². The van der Waals surface area contributed by atoms with E-state index in [2.05, 4.69) is 5.32 Å². The molecule has 2 rings (SSSR count). The topological polar surface area (TPSA) is 78.9 Å². The number of amides is 2. The molecule has 2 heterocycles. The molecule has 102 valence electrons. The first-order valence-electron chi connectivity index (χ1n) is 6.50. The van der Waals surface area contributed by atoms with Crippen LogP contribution in [-0.2, 0) is 9.53 Å². The van der Waals surface area contributed by atoms with Crippen LogP contribution in [0.1, 0.15) is 19.3 Å². The van der Waals surface area contributed by atoms with E-state index >= 15 is 0 Å². The van der Waals surface area contributed by atoms with Crippen molar-refractivity contribution in [3.8, 4) is 0 Å².